The van der Waals surface area contributed by atoms with Crippen molar-refractivity contribution in [3.63, 3.8) is 0 Å². The molecule has 0 amide bonds. The Hall–Kier alpha value is -1.39. The molecule has 1 heterocycles. The van der Waals surface area contributed by atoms with Gasteiger partial charge < -0.3 is 15.3 Å². The molecular weight excluding hydrogens is 192 g/mol. The minimum Gasteiger partial charge on any atom is -0.438 e. The standard InChI is InChI=1S/C11H14N2O2/c1-7-2-3-8-10(6-7)15-11(13-8)9(14)4-5-12/h2-3,6,9,14H,4-5,12H2,1H3. The highest BCUT2D eigenvalue weighted by molar-refractivity contribution is 5.73. The van der Waals surface area contributed by atoms with Crippen LogP contribution in [0.1, 0.15) is 24.0 Å². The largest absolute Gasteiger partial charge is 0.438 e. The van der Waals surface area contributed by atoms with Gasteiger partial charge in [-0.2, -0.15) is 0 Å². The number of aliphatic hydroxyl groups is 1. The topological polar surface area (TPSA) is 72.3 Å². The Morgan fingerprint density at radius 2 is 2.33 bits per heavy atom. The van der Waals surface area contributed by atoms with Crippen molar-refractivity contribution in [1.29, 1.82) is 0 Å². The highest BCUT2D eigenvalue weighted by Crippen LogP contribution is 2.22. The minimum absolute atomic E-state index is 0.348. The molecule has 4 nitrogen and oxygen atoms in total. The zero-order valence-corrected chi connectivity index (χ0v) is 8.60. The minimum atomic E-state index is -0.706. The molecule has 15 heavy (non-hydrogen) atoms. The van der Waals surface area contributed by atoms with Gasteiger partial charge in [-0.1, -0.05) is 6.07 Å². The van der Waals surface area contributed by atoms with E-state index in [1.807, 2.05) is 25.1 Å². The number of aromatic nitrogens is 1. The lowest BCUT2D eigenvalue weighted by atomic mass is 10.2. The monoisotopic (exact) mass is 206 g/mol. The number of fused-ring (bicyclic) bond motifs is 1. The molecular formula is C11H14N2O2. The van der Waals surface area contributed by atoms with E-state index < -0.39 is 6.10 Å². The lowest BCUT2D eigenvalue weighted by Gasteiger charge is -2.02. The Kier molecular flexibility index (Phi) is 2.70. The molecule has 2 aromatic rings. The number of aliphatic hydroxyl groups excluding tert-OH is 1. The molecule has 0 fully saturated rings. The van der Waals surface area contributed by atoms with Gasteiger partial charge in [0.05, 0.1) is 0 Å². The quantitative estimate of drug-likeness (QED) is 0.798. The van der Waals surface area contributed by atoms with Gasteiger partial charge in [-0.3, -0.25) is 0 Å². The van der Waals surface area contributed by atoms with E-state index in [9.17, 15) is 5.11 Å². The van der Waals surface area contributed by atoms with E-state index in [1.54, 1.807) is 0 Å². The van der Waals surface area contributed by atoms with Crippen LogP contribution < -0.4 is 5.73 Å². The van der Waals surface area contributed by atoms with Crippen LogP contribution in [0, 0.1) is 6.92 Å². The average molecular weight is 206 g/mol. The van der Waals surface area contributed by atoms with Gasteiger partial charge in [0.25, 0.3) is 0 Å². The molecule has 0 saturated heterocycles. The van der Waals surface area contributed by atoms with Crippen LogP contribution >= 0.6 is 0 Å². The van der Waals surface area contributed by atoms with E-state index in [0.717, 1.165) is 11.1 Å². The molecule has 2 rings (SSSR count). The number of oxazole rings is 1. The second-order valence-corrected chi connectivity index (χ2v) is 3.62. The highest BCUT2D eigenvalue weighted by Gasteiger charge is 2.14. The fourth-order valence-electron chi connectivity index (χ4n) is 1.47. The summed E-state index contributed by atoms with van der Waals surface area (Å²) in [6, 6.07) is 5.75. The molecule has 1 aromatic carbocycles. The molecule has 0 saturated carbocycles. The molecule has 1 atom stereocenters. The maximum absolute atomic E-state index is 9.65. The number of rotatable bonds is 3. The summed E-state index contributed by atoms with van der Waals surface area (Å²) in [4.78, 5) is 4.20. The first-order valence-corrected chi connectivity index (χ1v) is 4.96. The zero-order valence-electron chi connectivity index (χ0n) is 8.60. The molecule has 0 aliphatic carbocycles. The fraction of sp³-hybridized carbons (Fsp3) is 0.364. The first-order valence-electron chi connectivity index (χ1n) is 4.96. The molecule has 0 bridgehead atoms. The molecule has 3 N–H and O–H groups in total. The predicted molar refractivity (Wildman–Crippen MR) is 57.4 cm³/mol. The Labute approximate surface area is 87.7 Å². The lowest BCUT2D eigenvalue weighted by Crippen LogP contribution is -2.06. The van der Waals surface area contributed by atoms with E-state index >= 15 is 0 Å². The lowest BCUT2D eigenvalue weighted by molar-refractivity contribution is 0.139. The van der Waals surface area contributed by atoms with Crippen LogP contribution in [0.4, 0.5) is 0 Å². The first kappa shape index (κ1) is 10.1. The van der Waals surface area contributed by atoms with Gasteiger partial charge in [0.15, 0.2) is 5.58 Å². The van der Waals surface area contributed by atoms with Gasteiger partial charge in [-0.25, -0.2) is 4.98 Å². The molecule has 0 radical (unpaired) electrons. The van der Waals surface area contributed by atoms with Gasteiger partial charge in [-0.15, -0.1) is 0 Å². The number of benzene rings is 1. The van der Waals surface area contributed by atoms with Crippen LogP contribution in [0.2, 0.25) is 0 Å². The summed E-state index contributed by atoms with van der Waals surface area (Å²) in [5.41, 5.74) is 7.94. The van der Waals surface area contributed by atoms with Crippen LogP contribution in [-0.4, -0.2) is 16.6 Å². The molecule has 0 aliphatic rings. The molecule has 1 unspecified atom stereocenters. The second-order valence-electron chi connectivity index (χ2n) is 3.62. The summed E-state index contributed by atoms with van der Waals surface area (Å²) < 4.78 is 5.45. The van der Waals surface area contributed by atoms with Crippen molar-refractivity contribution in [2.45, 2.75) is 19.4 Å². The van der Waals surface area contributed by atoms with Gasteiger partial charge in [-0.05, 0) is 37.6 Å². The molecule has 0 spiro atoms. The van der Waals surface area contributed by atoms with Gasteiger partial charge in [0, 0.05) is 0 Å². The fourth-order valence-corrected chi connectivity index (χ4v) is 1.47. The predicted octanol–water partition coefficient (Wildman–Crippen LogP) is 1.52. The molecule has 4 heteroatoms. The molecule has 1 aromatic heterocycles. The summed E-state index contributed by atoms with van der Waals surface area (Å²) in [6.45, 7) is 2.40. The summed E-state index contributed by atoms with van der Waals surface area (Å²) in [5, 5.41) is 9.65. The van der Waals surface area contributed by atoms with Crippen molar-refractivity contribution in [2.24, 2.45) is 5.73 Å². The number of hydrogen-bond acceptors (Lipinski definition) is 4. The van der Waals surface area contributed by atoms with Crippen molar-refractivity contribution in [3.05, 3.63) is 29.7 Å². The average Bonchev–Trinajstić information content (AvgIpc) is 2.60. The van der Waals surface area contributed by atoms with E-state index in [-0.39, 0.29) is 0 Å². The third kappa shape index (κ3) is 2.00. The zero-order chi connectivity index (χ0) is 10.8. The van der Waals surface area contributed by atoms with Crippen LogP contribution in [0.25, 0.3) is 11.1 Å². The Balaban J connectivity index is 2.38. The van der Waals surface area contributed by atoms with E-state index in [2.05, 4.69) is 4.98 Å². The van der Waals surface area contributed by atoms with E-state index in [1.165, 1.54) is 0 Å². The van der Waals surface area contributed by atoms with Crippen LogP contribution in [0.3, 0.4) is 0 Å². The summed E-state index contributed by atoms with van der Waals surface area (Å²) in [5.74, 6) is 0.348. The summed E-state index contributed by atoms with van der Waals surface area (Å²) >= 11 is 0. The SMILES string of the molecule is Cc1ccc2nc(C(O)CCN)oc2c1. The Bertz CT molecular complexity index is 465. The second kappa shape index (κ2) is 4.00. The van der Waals surface area contributed by atoms with Crippen molar-refractivity contribution in [3.8, 4) is 0 Å². The smallest absolute Gasteiger partial charge is 0.224 e. The maximum Gasteiger partial charge on any atom is 0.224 e. The molecule has 80 valence electrons. The third-order valence-electron chi connectivity index (χ3n) is 2.29. The number of aryl methyl sites for hydroxylation is 1. The van der Waals surface area contributed by atoms with Crippen LogP contribution in [0.15, 0.2) is 22.6 Å². The number of hydrogen-bond donors (Lipinski definition) is 2. The number of nitrogens with zero attached hydrogens (tertiary/aromatic N) is 1. The highest BCUT2D eigenvalue weighted by atomic mass is 16.4. The van der Waals surface area contributed by atoms with Crippen molar-refractivity contribution in [2.75, 3.05) is 6.54 Å². The Morgan fingerprint density at radius 3 is 3.07 bits per heavy atom. The van der Waals surface area contributed by atoms with Crippen LogP contribution in [-0.2, 0) is 0 Å². The van der Waals surface area contributed by atoms with Gasteiger partial charge in [0.1, 0.15) is 11.6 Å². The Morgan fingerprint density at radius 1 is 1.53 bits per heavy atom. The van der Waals surface area contributed by atoms with Crippen molar-refractivity contribution >= 4 is 11.1 Å². The number of nitrogens with two attached hydrogens (primary N) is 1. The van der Waals surface area contributed by atoms with Gasteiger partial charge >= 0.3 is 0 Å². The maximum atomic E-state index is 9.65. The molecule has 0 aliphatic heterocycles. The third-order valence-corrected chi connectivity index (χ3v) is 2.29. The summed E-state index contributed by atoms with van der Waals surface area (Å²) in [7, 11) is 0. The normalized spacial score (nSPS) is 13.3. The van der Waals surface area contributed by atoms with Gasteiger partial charge in [0.2, 0.25) is 5.89 Å². The summed E-state index contributed by atoms with van der Waals surface area (Å²) in [6.07, 6.45) is -0.242. The van der Waals surface area contributed by atoms with E-state index in [4.69, 9.17) is 10.2 Å². The van der Waals surface area contributed by atoms with Crippen molar-refractivity contribution in [1.82, 2.24) is 4.98 Å². The van der Waals surface area contributed by atoms with E-state index in [0.29, 0.717) is 24.4 Å². The van der Waals surface area contributed by atoms with Crippen molar-refractivity contribution < 1.29 is 9.52 Å². The first-order chi connectivity index (χ1) is 7.20. The van der Waals surface area contributed by atoms with Crippen LogP contribution in [0.5, 0.6) is 0 Å².